The fourth-order valence-corrected chi connectivity index (χ4v) is 3.72. The number of nitrogens with zero attached hydrogens (tertiary/aromatic N) is 2. The molecule has 6 nitrogen and oxygen atoms in total. The van der Waals surface area contributed by atoms with Crippen LogP contribution in [0.25, 0.3) is 0 Å². The molecular weight excluding hydrogens is 328 g/mol. The van der Waals surface area contributed by atoms with Gasteiger partial charge < -0.3 is 20.4 Å². The van der Waals surface area contributed by atoms with Gasteiger partial charge in [0.25, 0.3) is 0 Å². The maximum atomic E-state index is 12.5. The Bertz CT molecular complexity index is 593. The molecule has 1 saturated heterocycles. The van der Waals surface area contributed by atoms with Gasteiger partial charge >= 0.3 is 6.03 Å². The summed E-state index contributed by atoms with van der Waals surface area (Å²) in [4.78, 5) is 28.9. The Labute approximate surface area is 155 Å². The average molecular weight is 358 g/mol. The number of amides is 3. The molecule has 1 aliphatic carbocycles. The van der Waals surface area contributed by atoms with E-state index in [1.807, 2.05) is 18.2 Å². The predicted octanol–water partition coefficient (Wildman–Crippen LogP) is 2.36. The Morgan fingerprint density at radius 1 is 1.00 bits per heavy atom. The zero-order chi connectivity index (χ0) is 18.4. The molecule has 2 N–H and O–H groups in total. The number of anilines is 1. The van der Waals surface area contributed by atoms with Gasteiger partial charge in [-0.3, -0.25) is 4.79 Å². The molecule has 3 rings (SSSR count). The van der Waals surface area contributed by atoms with Crippen LogP contribution in [0.1, 0.15) is 39.0 Å². The van der Waals surface area contributed by atoms with Crippen molar-refractivity contribution in [3.8, 4) is 0 Å². The van der Waals surface area contributed by atoms with Crippen LogP contribution in [-0.2, 0) is 4.79 Å². The van der Waals surface area contributed by atoms with Gasteiger partial charge in [0, 0.05) is 37.9 Å². The Hall–Kier alpha value is -2.24. The highest BCUT2D eigenvalue weighted by Crippen LogP contribution is 2.18. The second-order valence-electron chi connectivity index (χ2n) is 7.32. The molecule has 1 aliphatic heterocycles. The molecule has 3 amide bonds. The zero-order valence-corrected chi connectivity index (χ0v) is 15.6. The second kappa shape index (κ2) is 8.92. The van der Waals surface area contributed by atoms with Crippen molar-refractivity contribution in [2.24, 2.45) is 0 Å². The minimum atomic E-state index is -0.503. The number of hydrogen-bond donors (Lipinski definition) is 2. The molecule has 2 fully saturated rings. The first kappa shape index (κ1) is 18.5. The van der Waals surface area contributed by atoms with Crippen molar-refractivity contribution < 1.29 is 9.59 Å². The number of rotatable bonds is 4. The second-order valence-corrected chi connectivity index (χ2v) is 7.32. The number of carbonyl (C=O) groups is 2. The van der Waals surface area contributed by atoms with Crippen molar-refractivity contribution in [3.63, 3.8) is 0 Å². The molecule has 1 heterocycles. The summed E-state index contributed by atoms with van der Waals surface area (Å²) in [6.07, 6.45) is 5.71. The lowest BCUT2D eigenvalue weighted by Crippen LogP contribution is -2.56. The number of carbonyl (C=O) groups excluding carboxylic acids is 2. The molecule has 1 saturated carbocycles. The van der Waals surface area contributed by atoms with Gasteiger partial charge in [0.2, 0.25) is 5.91 Å². The van der Waals surface area contributed by atoms with E-state index >= 15 is 0 Å². The van der Waals surface area contributed by atoms with Crippen molar-refractivity contribution in [3.05, 3.63) is 30.3 Å². The quantitative estimate of drug-likeness (QED) is 0.868. The summed E-state index contributed by atoms with van der Waals surface area (Å²) >= 11 is 0. The monoisotopic (exact) mass is 358 g/mol. The third kappa shape index (κ3) is 4.90. The van der Waals surface area contributed by atoms with Crippen LogP contribution >= 0.6 is 0 Å². The molecular formula is C20H30N4O2. The molecule has 1 aromatic carbocycles. The molecule has 2 aliphatic rings. The summed E-state index contributed by atoms with van der Waals surface area (Å²) in [7, 11) is 0. The molecule has 6 heteroatoms. The maximum Gasteiger partial charge on any atom is 0.318 e. The van der Waals surface area contributed by atoms with E-state index < -0.39 is 6.04 Å². The number of benzene rings is 1. The SMILES string of the molecule is C[C@H](NC(=O)N1CCN(c2ccccc2)CC1)C(=O)NC1CCCCC1. The van der Waals surface area contributed by atoms with E-state index in [0.29, 0.717) is 13.1 Å². The minimum absolute atomic E-state index is 0.0758. The van der Waals surface area contributed by atoms with Crippen LogP contribution in [0.4, 0.5) is 10.5 Å². The number of hydrogen-bond acceptors (Lipinski definition) is 3. The van der Waals surface area contributed by atoms with E-state index in [1.165, 1.54) is 24.9 Å². The van der Waals surface area contributed by atoms with Crippen LogP contribution in [0.3, 0.4) is 0 Å². The van der Waals surface area contributed by atoms with E-state index in [1.54, 1.807) is 11.8 Å². The lowest BCUT2D eigenvalue weighted by Gasteiger charge is -2.36. The van der Waals surface area contributed by atoms with Crippen LogP contribution < -0.4 is 15.5 Å². The van der Waals surface area contributed by atoms with Crippen LogP contribution in [0, 0.1) is 0 Å². The standard InChI is InChI=1S/C20H30N4O2/c1-16(19(25)22-17-8-4-2-5-9-17)21-20(26)24-14-12-23(13-15-24)18-10-6-3-7-11-18/h3,6-7,10-11,16-17H,2,4-5,8-9,12-15H2,1H3,(H,21,26)(H,22,25)/t16-/m0/s1. The Morgan fingerprint density at radius 3 is 2.31 bits per heavy atom. The van der Waals surface area contributed by atoms with Gasteiger partial charge in [0.05, 0.1) is 0 Å². The highest BCUT2D eigenvalue weighted by molar-refractivity contribution is 5.87. The van der Waals surface area contributed by atoms with Crippen molar-refractivity contribution in [1.29, 1.82) is 0 Å². The van der Waals surface area contributed by atoms with Crippen LogP contribution in [0.2, 0.25) is 0 Å². The molecule has 0 bridgehead atoms. The third-order valence-corrected chi connectivity index (χ3v) is 5.37. The van der Waals surface area contributed by atoms with Crippen LogP contribution in [0.15, 0.2) is 30.3 Å². The van der Waals surface area contributed by atoms with E-state index in [0.717, 1.165) is 25.9 Å². The maximum absolute atomic E-state index is 12.5. The van der Waals surface area contributed by atoms with Crippen LogP contribution in [0.5, 0.6) is 0 Å². The van der Waals surface area contributed by atoms with Gasteiger partial charge in [-0.15, -0.1) is 0 Å². The van der Waals surface area contributed by atoms with Gasteiger partial charge in [0.15, 0.2) is 0 Å². The Morgan fingerprint density at radius 2 is 1.65 bits per heavy atom. The Balaban J connectivity index is 1.42. The third-order valence-electron chi connectivity index (χ3n) is 5.37. The van der Waals surface area contributed by atoms with Crippen LogP contribution in [-0.4, -0.2) is 55.1 Å². The first-order chi connectivity index (χ1) is 12.6. The van der Waals surface area contributed by atoms with Gasteiger partial charge in [-0.05, 0) is 31.9 Å². The van der Waals surface area contributed by atoms with Crippen molar-refractivity contribution in [2.75, 3.05) is 31.1 Å². The van der Waals surface area contributed by atoms with Gasteiger partial charge in [-0.25, -0.2) is 4.79 Å². The highest BCUT2D eigenvalue weighted by atomic mass is 16.2. The van der Waals surface area contributed by atoms with Gasteiger partial charge in [-0.2, -0.15) is 0 Å². The van der Waals surface area contributed by atoms with Crippen molar-refractivity contribution in [2.45, 2.75) is 51.1 Å². The summed E-state index contributed by atoms with van der Waals surface area (Å²) in [5.41, 5.74) is 1.19. The normalized spacial score (nSPS) is 19.7. The smallest absolute Gasteiger partial charge is 0.318 e. The summed E-state index contributed by atoms with van der Waals surface area (Å²) in [5.74, 6) is -0.0758. The summed E-state index contributed by atoms with van der Waals surface area (Å²) in [5, 5.41) is 5.93. The minimum Gasteiger partial charge on any atom is -0.368 e. The molecule has 0 unspecified atom stereocenters. The first-order valence-electron chi connectivity index (χ1n) is 9.79. The van der Waals surface area contributed by atoms with E-state index in [4.69, 9.17) is 0 Å². The van der Waals surface area contributed by atoms with Crippen molar-refractivity contribution in [1.82, 2.24) is 15.5 Å². The molecule has 0 spiro atoms. The fourth-order valence-electron chi connectivity index (χ4n) is 3.72. The number of urea groups is 1. The topological polar surface area (TPSA) is 64.7 Å². The fraction of sp³-hybridized carbons (Fsp3) is 0.600. The summed E-state index contributed by atoms with van der Waals surface area (Å²) in [6, 6.07) is 9.86. The largest absolute Gasteiger partial charge is 0.368 e. The zero-order valence-electron chi connectivity index (χ0n) is 15.6. The summed E-state index contributed by atoms with van der Waals surface area (Å²) in [6.45, 7) is 4.70. The van der Waals surface area contributed by atoms with Crippen molar-refractivity contribution >= 4 is 17.6 Å². The van der Waals surface area contributed by atoms with Gasteiger partial charge in [-0.1, -0.05) is 37.5 Å². The molecule has 1 aromatic rings. The highest BCUT2D eigenvalue weighted by Gasteiger charge is 2.25. The number of nitrogens with one attached hydrogen (secondary N) is 2. The summed E-state index contributed by atoms with van der Waals surface area (Å²) < 4.78 is 0. The predicted molar refractivity (Wildman–Crippen MR) is 103 cm³/mol. The molecule has 0 radical (unpaired) electrons. The molecule has 0 aromatic heterocycles. The average Bonchev–Trinajstić information content (AvgIpc) is 2.69. The number of piperazine rings is 1. The molecule has 142 valence electrons. The molecule has 26 heavy (non-hydrogen) atoms. The Kier molecular flexibility index (Phi) is 6.36. The lowest BCUT2D eigenvalue weighted by atomic mass is 9.95. The van der Waals surface area contributed by atoms with E-state index in [2.05, 4.69) is 27.7 Å². The molecule has 1 atom stereocenters. The van der Waals surface area contributed by atoms with E-state index in [-0.39, 0.29) is 18.0 Å². The van der Waals surface area contributed by atoms with E-state index in [9.17, 15) is 9.59 Å². The number of para-hydroxylation sites is 1. The lowest BCUT2D eigenvalue weighted by molar-refractivity contribution is -0.123. The first-order valence-corrected chi connectivity index (χ1v) is 9.79. The van der Waals surface area contributed by atoms with Gasteiger partial charge in [0.1, 0.15) is 6.04 Å².